The van der Waals surface area contributed by atoms with E-state index in [4.69, 9.17) is 11.6 Å². The SMILES string of the molecule is O=c1ccc2cnc(Nc3ccc(N4CCNCC4)c(F)c3)nc2n1Cc1c(Cl)cccc1C1CC1. The minimum absolute atomic E-state index is 0.166. The molecule has 1 aliphatic carbocycles. The maximum Gasteiger partial charge on any atom is 0.252 e. The zero-order valence-electron chi connectivity index (χ0n) is 19.7. The number of nitrogens with one attached hydrogen (secondary N) is 2. The lowest BCUT2D eigenvalue weighted by Gasteiger charge is -2.29. The van der Waals surface area contributed by atoms with Crippen LogP contribution in [0.25, 0.3) is 11.0 Å². The summed E-state index contributed by atoms with van der Waals surface area (Å²) in [5, 5.41) is 7.76. The lowest BCUT2D eigenvalue weighted by Crippen LogP contribution is -2.43. The number of benzene rings is 2. The number of nitrogens with zero attached hydrogens (tertiary/aromatic N) is 4. The summed E-state index contributed by atoms with van der Waals surface area (Å²) >= 11 is 6.57. The van der Waals surface area contributed by atoms with E-state index in [-0.39, 0.29) is 17.3 Å². The van der Waals surface area contributed by atoms with Gasteiger partial charge in [-0.05, 0) is 60.2 Å². The fraction of sp³-hybridized carbons (Fsp3) is 0.296. The van der Waals surface area contributed by atoms with Gasteiger partial charge in [0.05, 0.1) is 12.2 Å². The Labute approximate surface area is 212 Å². The van der Waals surface area contributed by atoms with E-state index in [0.29, 0.717) is 34.5 Å². The summed E-state index contributed by atoms with van der Waals surface area (Å²) in [4.78, 5) is 24.0. The van der Waals surface area contributed by atoms with Gasteiger partial charge < -0.3 is 15.5 Å². The molecule has 2 N–H and O–H groups in total. The molecule has 3 heterocycles. The molecule has 0 spiro atoms. The standard InChI is InChI=1S/C27H26ClFN6O/c28-22-3-1-2-20(17-4-5-17)21(22)16-35-25(36)9-6-18-15-31-27(33-26(18)35)32-19-7-8-24(23(29)14-19)34-12-10-30-11-13-34/h1-3,6-9,14-15,17,30H,4-5,10-13,16H2,(H,31,32,33). The van der Waals surface area contributed by atoms with Crippen molar-refractivity contribution < 1.29 is 4.39 Å². The van der Waals surface area contributed by atoms with E-state index >= 15 is 0 Å². The Hall–Kier alpha value is -3.49. The summed E-state index contributed by atoms with van der Waals surface area (Å²) in [5.74, 6) is 0.485. The van der Waals surface area contributed by atoms with Crippen molar-refractivity contribution in [3.63, 3.8) is 0 Å². The smallest absolute Gasteiger partial charge is 0.252 e. The average molecular weight is 505 g/mol. The van der Waals surface area contributed by atoms with Crippen molar-refractivity contribution in [3.8, 4) is 0 Å². The zero-order chi connectivity index (χ0) is 24.6. The molecule has 36 heavy (non-hydrogen) atoms. The number of rotatable bonds is 6. The van der Waals surface area contributed by atoms with Crippen molar-refractivity contribution in [2.24, 2.45) is 0 Å². The second-order valence-corrected chi connectivity index (χ2v) is 9.75. The Morgan fingerprint density at radius 1 is 1.11 bits per heavy atom. The van der Waals surface area contributed by atoms with Crippen LogP contribution >= 0.6 is 11.6 Å². The van der Waals surface area contributed by atoms with E-state index in [1.165, 1.54) is 17.7 Å². The van der Waals surface area contributed by atoms with Crippen LogP contribution in [0.1, 0.15) is 29.9 Å². The van der Waals surface area contributed by atoms with Crippen molar-refractivity contribution in [1.82, 2.24) is 19.9 Å². The van der Waals surface area contributed by atoms with E-state index in [1.54, 1.807) is 22.9 Å². The van der Waals surface area contributed by atoms with Crippen molar-refractivity contribution >= 4 is 40.0 Å². The van der Waals surface area contributed by atoms with Gasteiger partial charge in [-0.15, -0.1) is 0 Å². The van der Waals surface area contributed by atoms with Crippen LogP contribution in [0.2, 0.25) is 5.02 Å². The molecule has 0 amide bonds. The highest BCUT2D eigenvalue weighted by atomic mass is 35.5. The molecule has 6 rings (SSSR count). The minimum Gasteiger partial charge on any atom is -0.367 e. The highest BCUT2D eigenvalue weighted by Crippen LogP contribution is 2.43. The third kappa shape index (κ3) is 4.54. The lowest BCUT2D eigenvalue weighted by molar-refractivity contribution is 0.566. The van der Waals surface area contributed by atoms with Crippen LogP contribution in [0.4, 0.5) is 21.7 Å². The van der Waals surface area contributed by atoms with E-state index in [2.05, 4.69) is 26.7 Å². The third-order valence-electron chi connectivity index (χ3n) is 6.87. The maximum absolute atomic E-state index is 14.9. The molecule has 0 unspecified atom stereocenters. The highest BCUT2D eigenvalue weighted by molar-refractivity contribution is 6.31. The molecule has 1 saturated heterocycles. The van der Waals surface area contributed by atoms with Crippen LogP contribution in [0.5, 0.6) is 0 Å². The topological polar surface area (TPSA) is 75.1 Å². The van der Waals surface area contributed by atoms with Crippen LogP contribution in [-0.2, 0) is 6.54 Å². The summed E-state index contributed by atoms with van der Waals surface area (Å²) in [5.41, 5.74) is 3.60. The first-order chi connectivity index (χ1) is 17.6. The first-order valence-corrected chi connectivity index (χ1v) is 12.6. The van der Waals surface area contributed by atoms with Crippen LogP contribution in [-0.4, -0.2) is 40.7 Å². The lowest BCUT2D eigenvalue weighted by atomic mass is 10.0. The number of piperazine rings is 1. The number of halogens is 2. The van der Waals surface area contributed by atoms with Crippen LogP contribution < -0.4 is 21.1 Å². The fourth-order valence-corrected chi connectivity index (χ4v) is 5.08. The molecule has 4 aromatic rings. The van der Waals surface area contributed by atoms with E-state index in [9.17, 15) is 9.18 Å². The summed E-state index contributed by atoms with van der Waals surface area (Å²) in [6.07, 6.45) is 3.94. The first-order valence-electron chi connectivity index (χ1n) is 12.2. The van der Waals surface area contributed by atoms with Gasteiger partial charge in [-0.2, -0.15) is 4.98 Å². The van der Waals surface area contributed by atoms with Gasteiger partial charge >= 0.3 is 0 Å². The van der Waals surface area contributed by atoms with Gasteiger partial charge in [0.25, 0.3) is 5.56 Å². The van der Waals surface area contributed by atoms with Gasteiger partial charge in [0.15, 0.2) is 0 Å². The van der Waals surface area contributed by atoms with Gasteiger partial charge in [-0.25, -0.2) is 9.37 Å². The zero-order valence-corrected chi connectivity index (χ0v) is 20.4. The van der Waals surface area contributed by atoms with Crippen LogP contribution in [0.15, 0.2) is 59.5 Å². The monoisotopic (exact) mass is 504 g/mol. The molecule has 2 aromatic carbocycles. The molecule has 2 aromatic heterocycles. The Kier molecular flexibility index (Phi) is 6.07. The molecule has 0 bridgehead atoms. The summed E-state index contributed by atoms with van der Waals surface area (Å²) in [7, 11) is 0. The molecule has 184 valence electrons. The molecule has 9 heteroatoms. The first kappa shape index (κ1) is 22.9. The summed E-state index contributed by atoms with van der Waals surface area (Å²) < 4.78 is 16.5. The Bertz CT molecular complexity index is 1500. The number of fused-ring (bicyclic) bond motifs is 1. The largest absolute Gasteiger partial charge is 0.367 e. The predicted molar refractivity (Wildman–Crippen MR) is 141 cm³/mol. The Morgan fingerprint density at radius 2 is 1.94 bits per heavy atom. The van der Waals surface area contributed by atoms with Crippen molar-refractivity contribution in [2.75, 3.05) is 36.4 Å². The maximum atomic E-state index is 14.9. The molecule has 7 nitrogen and oxygen atoms in total. The summed E-state index contributed by atoms with van der Waals surface area (Å²) in [6, 6.07) is 14.2. The molecule has 2 fully saturated rings. The van der Waals surface area contributed by atoms with Gasteiger partial charge in [0.1, 0.15) is 11.5 Å². The van der Waals surface area contributed by atoms with Gasteiger partial charge in [-0.3, -0.25) is 9.36 Å². The molecule has 1 aliphatic heterocycles. The van der Waals surface area contributed by atoms with Gasteiger partial charge in [0.2, 0.25) is 5.95 Å². The van der Waals surface area contributed by atoms with Crippen LogP contribution in [0.3, 0.4) is 0 Å². The molecule has 0 atom stereocenters. The quantitative estimate of drug-likeness (QED) is 0.398. The number of pyridine rings is 1. The average Bonchev–Trinajstić information content (AvgIpc) is 3.73. The second-order valence-electron chi connectivity index (χ2n) is 9.34. The Balaban J connectivity index is 1.32. The van der Waals surface area contributed by atoms with E-state index in [0.717, 1.165) is 50.0 Å². The number of hydrogen-bond acceptors (Lipinski definition) is 6. The third-order valence-corrected chi connectivity index (χ3v) is 7.23. The molecule has 0 radical (unpaired) electrons. The highest BCUT2D eigenvalue weighted by Gasteiger charge is 2.27. The van der Waals surface area contributed by atoms with Crippen LogP contribution in [0, 0.1) is 5.82 Å². The fourth-order valence-electron chi connectivity index (χ4n) is 4.84. The van der Waals surface area contributed by atoms with Gasteiger partial charge in [-0.1, -0.05) is 23.7 Å². The molecular weight excluding hydrogens is 479 g/mol. The van der Waals surface area contributed by atoms with Crippen molar-refractivity contribution in [2.45, 2.75) is 25.3 Å². The number of aromatic nitrogens is 3. The molecule has 2 aliphatic rings. The van der Waals surface area contributed by atoms with Gasteiger partial charge in [0, 0.05) is 54.5 Å². The van der Waals surface area contributed by atoms with E-state index < -0.39 is 0 Å². The van der Waals surface area contributed by atoms with Crippen molar-refractivity contribution in [1.29, 1.82) is 0 Å². The Morgan fingerprint density at radius 3 is 2.72 bits per heavy atom. The normalized spacial score (nSPS) is 15.9. The molecular formula is C27H26ClFN6O. The molecule has 1 saturated carbocycles. The predicted octanol–water partition coefficient (Wildman–Crippen LogP) is 4.66. The summed E-state index contributed by atoms with van der Waals surface area (Å²) in [6.45, 7) is 3.53. The minimum atomic E-state index is -0.300. The number of anilines is 3. The van der Waals surface area contributed by atoms with E-state index in [1.807, 2.05) is 23.1 Å². The number of hydrogen-bond donors (Lipinski definition) is 2. The van der Waals surface area contributed by atoms with Crippen molar-refractivity contribution in [3.05, 3.63) is 87.0 Å². The second kappa shape index (κ2) is 9.52.